The summed E-state index contributed by atoms with van der Waals surface area (Å²) in [6.07, 6.45) is 1.39. The summed E-state index contributed by atoms with van der Waals surface area (Å²) in [4.78, 5) is 37.2. The number of likely N-dealkylation sites (tertiary alicyclic amines) is 1. The zero-order chi connectivity index (χ0) is 17.3. The third-order valence-corrected chi connectivity index (χ3v) is 4.17. The molecule has 1 heterocycles. The van der Waals surface area contributed by atoms with E-state index in [1.807, 2.05) is 0 Å². The number of hydrogen-bond donors (Lipinski definition) is 2. The Morgan fingerprint density at radius 1 is 1.29 bits per heavy atom. The molecular weight excluding hydrogens is 317 g/mol. The van der Waals surface area contributed by atoms with Gasteiger partial charge in [-0.15, -0.1) is 0 Å². The quantitative estimate of drug-likeness (QED) is 0.880. The van der Waals surface area contributed by atoms with Gasteiger partial charge in [-0.05, 0) is 31.0 Å². The molecule has 3 amide bonds. The van der Waals surface area contributed by atoms with Gasteiger partial charge in [0.05, 0.1) is 18.7 Å². The Balaban J connectivity index is 1.65. The molecule has 0 bridgehead atoms. The second kappa shape index (κ2) is 6.46. The summed E-state index contributed by atoms with van der Waals surface area (Å²) in [6.45, 7) is 0.420. The average Bonchev–Trinajstić information content (AvgIpc) is 3.32. The summed E-state index contributed by atoms with van der Waals surface area (Å²) in [5.74, 6) is -1.35. The fourth-order valence-corrected chi connectivity index (χ4v) is 2.75. The number of halogens is 1. The lowest BCUT2D eigenvalue weighted by atomic mass is 10.1. The van der Waals surface area contributed by atoms with Gasteiger partial charge in [0.1, 0.15) is 5.82 Å². The molecule has 1 saturated heterocycles. The molecule has 1 aromatic carbocycles. The number of benzene rings is 1. The van der Waals surface area contributed by atoms with Gasteiger partial charge in [-0.1, -0.05) is 0 Å². The number of amides is 3. The molecule has 24 heavy (non-hydrogen) atoms. The number of methoxy groups -OCH3 is 1. The monoisotopic (exact) mass is 335 g/mol. The van der Waals surface area contributed by atoms with Gasteiger partial charge < -0.3 is 15.0 Å². The number of nitrogens with zero attached hydrogens (tertiary/aromatic N) is 1. The van der Waals surface area contributed by atoms with E-state index in [-0.39, 0.29) is 30.0 Å². The lowest BCUT2D eigenvalue weighted by Crippen LogP contribution is -2.29. The molecular formula is C16H18FN3O4. The van der Waals surface area contributed by atoms with Crippen LogP contribution in [0.3, 0.4) is 0 Å². The molecule has 1 aromatic rings. The van der Waals surface area contributed by atoms with Crippen LogP contribution in [-0.4, -0.2) is 42.5 Å². The van der Waals surface area contributed by atoms with Crippen molar-refractivity contribution < 1.29 is 23.5 Å². The van der Waals surface area contributed by atoms with Crippen LogP contribution in [0, 0.1) is 11.7 Å². The standard InChI is InChI=1S/C16H18FN3O4/c1-24-16(23)19-13-7-10(2-5-12(13)17)18-15(22)9-6-14(21)20(8-9)11-3-4-11/h2,5,7,9,11H,3-4,6,8H2,1H3,(H,18,22)(H,19,23)/t9-/m0/s1. The van der Waals surface area contributed by atoms with Crippen molar-refractivity contribution in [2.24, 2.45) is 5.92 Å². The van der Waals surface area contributed by atoms with Crippen LogP contribution in [-0.2, 0) is 14.3 Å². The van der Waals surface area contributed by atoms with Crippen molar-refractivity contribution in [3.8, 4) is 0 Å². The Kier molecular flexibility index (Phi) is 4.37. The molecule has 1 aliphatic carbocycles. The molecule has 0 aromatic heterocycles. The number of hydrogen-bond acceptors (Lipinski definition) is 4. The Morgan fingerprint density at radius 3 is 2.71 bits per heavy atom. The maximum absolute atomic E-state index is 13.7. The molecule has 1 aliphatic heterocycles. The molecule has 0 radical (unpaired) electrons. The second-order valence-corrected chi connectivity index (χ2v) is 5.98. The molecule has 1 saturated carbocycles. The van der Waals surface area contributed by atoms with Crippen molar-refractivity contribution in [1.29, 1.82) is 0 Å². The van der Waals surface area contributed by atoms with Crippen LogP contribution < -0.4 is 10.6 Å². The summed E-state index contributed by atoms with van der Waals surface area (Å²) >= 11 is 0. The molecule has 2 fully saturated rings. The van der Waals surface area contributed by atoms with Crippen LogP contribution >= 0.6 is 0 Å². The van der Waals surface area contributed by atoms with E-state index >= 15 is 0 Å². The van der Waals surface area contributed by atoms with Gasteiger partial charge in [-0.2, -0.15) is 0 Å². The highest BCUT2D eigenvalue weighted by atomic mass is 19.1. The smallest absolute Gasteiger partial charge is 0.411 e. The van der Waals surface area contributed by atoms with E-state index in [0.717, 1.165) is 18.9 Å². The molecule has 7 nitrogen and oxygen atoms in total. The number of nitrogens with one attached hydrogen (secondary N) is 2. The van der Waals surface area contributed by atoms with Crippen LogP contribution in [0.4, 0.5) is 20.6 Å². The van der Waals surface area contributed by atoms with Crippen molar-refractivity contribution in [2.45, 2.75) is 25.3 Å². The molecule has 8 heteroatoms. The first-order valence-corrected chi connectivity index (χ1v) is 7.73. The minimum Gasteiger partial charge on any atom is -0.453 e. The zero-order valence-electron chi connectivity index (χ0n) is 13.2. The number of carbonyl (C=O) groups excluding carboxylic acids is 3. The van der Waals surface area contributed by atoms with E-state index < -0.39 is 17.8 Å². The summed E-state index contributed by atoms with van der Waals surface area (Å²) in [7, 11) is 1.17. The van der Waals surface area contributed by atoms with Crippen molar-refractivity contribution in [3.05, 3.63) is 24.0 Å². The Hall–Kier alpha value is -2.64. The van der Waals surface area contributed by atoms with E-state index in [1.165, 1.54) is 19.2 Å². The van der Waals surface area contributed by atoms with Crippen LogP contribution in [0.5, 0.6) is 0 Å². The van der Waals surface area contributed by atoms with Crippen LogP contribution in [0.25, 0.3) is 0 Å². The maximum Gasteiger partial charge on any atom is 0.411 e. The molecule has 0 spiro atoms. The minimum absolute atomic E-state index is 0.00445. The van der Waals surface area contributed by atoms with E-state index in [4.69, 9.17) is 0 Å². The van der Waals surface area contributed by atoms with Gasteiger partial charge in [0.25, 0.3) is 0 Å². The molecule has 2 N–H and O–H groups in total. The summed E-state index contributed by atoms with van der Waals surface area (Å²) in [5.41, 5.74) is 0.242. The number of anilines is 2. The summed E-state index contributed by atoms with van der Waals surface area (Å²) in [5, 5.41) is 4.90. The predicted octanol–water partition coefficient (Wildman–Crippen LogP) is 1.95. The summed E-state index contributed by atoms with van der Waals surface area (Å²) in [6, 6.07) is 4.12. The number of carbonyl (C=O) groups is 3. The topological polar surface area (TPSA) is 87.7 Å². The lowest BCUT2D eigenvalue weighted by molar-refractivity contribution is -0.128. The Bertz CT molecular complexity index is 690. The van der Waals surface area contributed by atoms with Gasteiger partial charge in [0.15, 0.2) is 0 Å². The molecule has 128 valence electrons. The van der Waals surface area contributed by atoms with Gasteiger partial charge in [0.2, 0.25) is 11.8 Å². The molecule has 0 unspecified atom stereocenters. The second-order valence-electron chi connectivity index (χ2n) is 5.98. The predicted molar refractivity (Wildman–Crippen MR) is 83.9 cm³/mol. The number of ether oxygens (including phenoxy) is 1. The minimum atomic E-state index is -0.807. The van der Waals surface area contributed by atoms with Crippen LogP contribution in [0.1, 0.15) is 19.3 Å². The van der Waals surface area contributed by atoms with Crippen molar-refractivity contribution in [1.82, 2.24) is 4.90 Å². The van der Waals surface area contributed by atoms with E-state index in [1.54, 1.807) is 4.90 Å². The van der Waals surface area contributed by atoms with E-state index in [9.17, 15) is 18.8 Å². The highest BCUT2D eigenvalue weighted by Crippen LogP contribution is 2.33. The summed E-state index contributed by atoms with van der Waals surface area (Å²) < 4.78 is 18.1. The van der Waals surface area contributed by atoms with Gasteiger partial charge in [0, 0.05) is 24.7 Å². The highest BCUT2D eigenvalue weighted by molar-refractivity contribution is 5.98. The zero-order valence-corrected chi connectivity index (χ0v) is 13.2. The van der Waals surface area contributed by atoms with E-state index in [0.29, 0.717) is 12.2 Å². The third kappa shape index (κ3) is 3.47. The van der Waals surface area contributed by atoms with Gasteiger partial charge in [-0.3, -0.25) is 14.9 Å². The SMILES string of the molecule is COC(=O)Nc1cc(NC(=O)[C@H]2CC(=O)N(C3CC3)C2)ccc1F. The number of rotatable bonds is 4. The van der Waals surface area contributed by atoms with Crippen molar-refractivity contribution in [3.63, 3.8) is 0 Å². The van der Waals surface area contributed by atoms with Gasteiger partial charge >= 0.3 is 6.09 Å². The van der Waals surface area contributed by atoms with Crippen molar-refractivity contribution in [2.75, 3.05) is 24.3 Å². The van der Waals surface area contributed by atoms with Crippen molar-refractivity contribution >= 4 is 29.3 Å². The fourth-order valence-electron chi connectivity index (χ4n) is 2.75. The molecule has 2 aliphatic rings. The first kappa shape index (κ1) is 16.2. The van der Waals surface area contributed by atoms with Gasteiger partial charge in [-0.25, -0.2) is 9.18 Å². The molecule has 1 atom stereocenters. The first-order chi connectivity index (χ1) is 11.5. The largest absolute Gasteiger partial charge is 0.453 e. The normalized spacial score (nSPS) is 20.0. The molecule has 3 rings (SSSR count). The third-order valence-electron chi connectivity index (χ3n) is 4.17. The lowest BCUT2D eigenvalue weighted by Gasteiger charge is -2.15. The van der Waals surface area contributed by atoms with E-state index in [2.05, 4.69) is 15.4 Å². The Morgan fingerprint density at radius 2 is 2.04 bits per heavy atom. The van der Waals surface area contributed by atoms with Crippen LogP contribution in [0.2, 0.25) is 0 Å². The Labute approximate surface area is 138 Å². The average molecular weight is 335 g/mol. The highest BCUT2D eigenvalue weighted by Gasteiger charge is 2.41. The first-order valence-electron chi connectivity index (χ1n) is 7.73. The fraction of sp³-hybridized carbons (Fsp3) is 0.438. The van der Waals surface area contributed by atoms with Crippen LogP contribution in [0.15, 0.2) is 18.2 Å². The maximum atomic E-state index is 13.7.